The van der Waals surface area contributed by atoms with Gasteiger partial charge in [0.15, 0.2) is 6.04 Å². The first-order chi connectivity index (χ1) is 12.1. The van der Waals surface area contributed by atoms with E-state index in [1.807, 2.05) is 44.2 Å². The van der Waals surface area contributed by atoms with Gasteiger partial charge in [0, 0.05) is 18.2 Å². The maximum atomic E-state index is 12.8. The zero-order valence-corrected chi connectivity index (χ0v) is 15.2. The molecule has 1 heterocycles. The van der Waals surface area contributed by atoms with Crippen LogP contribution in [0.3, 0.4) is 0 Å². The molecule has 0 fully saturated rings. The Morgan fingerprint density at radius 2 is 2.00 bits per heavy atom. The molecule has 1 aromatic carbocycles. The molecule has 7 nitrogen and oxygen atoms in total. The van der Waals surface area contributed by atoms with Crippen molar-refractivity contribution < 1.29 is 4.79 Å². The van der Waals surface area contributed by atoms with Crippen LogP contribution in [0.5, 0.6) is 0 Å². The third kappa shape index (κ3) is 5.09. The van der Waals surface area contributed by atoms with Crippen LogP contribution in [0.1, 0.15) is 46.1 Å². The quantitative estimate of drug-likeness (QED) is 0.726. The number of hydrogen-bond donors (Lipinski definition) is 2. The third-order valence-corrected chi connectivity index (χ3v) is 4.15. The highest BCUT2D eigenvalue weighted by Crippen LogP contribution is 2.19. The second-order valence-corrected chi connectivity index (χ2v) is 6.57. The molecule has 25 heavy (non-hydrogen) atoms. The number of nitrogens with two attached hydrogens (primary N) is 1. The smallest absolute Gasteiger partial charge is 0.247 e. The van der Waals surface area contributed by atoms with Crippen LogP contribution < -0.4 is 11.1 Å². The minimum atomic E-state index is -0.513. The van der Waals surface area contributed by atoms with E-state index in [2.05, 4.69) is 27.7 Å². The van der Waals surface area contributed by atoms with E-state index in [9.17, 15) is 4.79 Å². The minimum Gasteiger partial charge on any atom is -0.350 e. The second kappa shape index (κ2) is 9.27. The van der Waals surface area contributed by atoms with Gasteiger partial charge >= 0.3 is 0 Å². The van der Waals surface area contributed by atoms with Gasteiger partial charge in [-0.25, -0.2) is 0 Å². The van der Waals surface area contributed by atoms with Gasteiger partial charge in [-0.2, -0.15) is 4.80 Å². The number of aromatic nitrogens is 4. The second-order valence-electron chi connectivity index (χ2n) is 6.57. The molecule has 136 valence electrons. The first kappa shape index (κ1) is 19.1. The van der Waals surface area contributed by atoms with E-state index in [1.54, 1.807) is 0 Å². The van der Waals surface area contributed by atoms with Crippen LogP contribution in [0.4, 0.5) is 0 Å². The van der Waals surface area contributed by atoms with Gasteiger partial charge < -0.3 is 11.1 Å². The lowest BCUT2D eigenvalue weighted by atomic mass is 10.0. The van der Waals surface area contributed by atoms with Crippen LogP contribution in [0.2, 0.25) is 0 Å². The number of unbranched alkanes of at least 4 members (excludes halogenated alkanes) is 1. The molecule has 0 bridgehead atoms. The number of carbonyl (C=O) groups excluding carboxylic acids is 1. The summed E-state index contributed by atoms with van der Waals surface area (Å²) in [6.45, 7) is 6.49. The van der Waals surface area contributed by atoms with Crippen LogP contribution in [-0.2, 0) is 4.79 Å². The highest BCUT2D eigenvalue weighted by molar-refractivity contribution is 5.80. The van der Waals surface area contributed by atoms with E-state index in [4.69, 9.17) is 5.73 Å². The van der Waals surface area contributed by atoms with Gasteiger partial charge in [0.1, 0.15) is 0 Å². The molecule has 0 aliphatic rings. The first-order valence-electron chi connectivity index (χ1n) is 8.92. The van der Waals surface area contributed by atoms with Crippen molar-refractivity contribution in [1.29, 1.82) is 0 Å². The first-order valence-corrected chi connectivity index (χ1v) is 8.92. The number of tetrazole rings is 1. The van der Waals surface area contributed by atoms with Crippen molar-refractivity contribution in [2.45, 2.75) is 52.1 Å². The SMILES string of the molecule is CCCCC(CN)NC(=O)C(C(C)C)n1nnc(-c2ccccc2)n1. The number of amides is 1. The number of hydrogen-bond acceptors (Lipinski definition) is 5. The molecule has 0 saturated heterocycles. The molecule has 1 amide bonds. The molecule has 0 radical (unpaired) electrons. The molecular weight excluding hydrogens is 316 g/mol. The van der Waals surface area contributed by atoms with E-state index in [0.717, 1.165) is 24.8 Å². The predicted octanol–water partition coefficient (Wildman–Crippen LogP) is 2.17. The Kier molecular flexibility index (Phi) is 7.06. The van der Waals surface area contributed by atoms with Crippen molar-refractivity contribution in [3.8, 4) is 11.4 Å². The van der Waals surface area contributed by atoms with Gasteiger partial charge in [0.25, 0.3) is 0 Å². The summed E-state index contributed by atoms with van der Waals surface area (Å²) in [5.74, 6) is 0.432. The van der Waals surface area contributed by atoms with Gasteiger partial charge in [0.05, 0.1) is 0 Å². The lowest BCUT2D eigenvalue weighted by molar-refractivity contribution is -0.127. The van der Waals surface area contributed by atoms with Gasteiger partial charge in [-0.15, -0.1) is 10.2 Å². The molecule has 0 aliphatic carbocycles. The Labute approximate surface area is 149 Å². The van der Waals surface area contributed by atoms with Gasteiger partial charge in [-0.3, -0.25) is 4.79 Å². The number of nitrogens with one attached hydrogen (secondary N) is 1. The Bertz CT molecular complexity index is 655. The van der Waals surface area contributed by atoms with Crippen LogP contribution in [-0.4, -0.2) is 38.7 Å². The summed E-state index contributed by atoms with van der Waals surface area (Å²) >= 11 is 0. The van der Waals surface area contributed by atoms with E-state index in [-0.39, 0.29) is 17.9 Å². The molecule has 2 atom stereocenters. The van der Waals surface area contributed by atoms with Crippen LogP contribution in [0.25, 0.3) is 11.4 Å². The molecule has 2 aromatic rings. The fourth-order valence-corrected chi connectivity index (χ4v) is 2.71. The highest BCUT2D eigenvalue weighted by atomic mass is 16.2. The predicted molar refractivity (Wildman–Crippen MR) is 97.6 cm³/mol. The van der Waals surface area contributed by atoms with Gasteiger partial charge in [0.2, 0.25) is 11.7 Å². The average molecular weight is 344 g/mol. The van der Waals surface area contributed by atoms with Crippen molar-refractivity contribution in [3.05, 3.63) is 30.3 Å². The summed E-state index contributed by atoms with van der Waals surface area (Å²) in [5.41, 5.74) is 6.67. The Balaban J connectivity index is 2.15. The van der Waals surface area contributed by atoms with E-state index in [1.165, 1.54) is 4.80 Å². The molecule has 0 spiro atoms. The molecule has 1 aromatic heterocycles. The summed E-state index contributed by atoms with van der Waals surface area (Å²) in [7, 11) is 0. The third-order valence-electron chi connectivity index (χ3n) is 4.15. The maximum Gasteiger partial charge on any atom is 0.247 e. The standard InChI is InChI=1S/C18H28N6O/c1-4-5-11-15(12-19)20-18(25)16(13(2)3)24-22-17(21-23-24)14-9-7-6-8-10-14/h6-10,13,15-16H,4-5,11-12,19H2,1-3H3,(H,20,25). The highest BCUT2D eigenvalue weighted by Gasteiger charge is 2.28. The van der Waals surface area contributed by atoms with E-state index in [0.29, 0.717) is 12.4 Å². The molecule has 2 unspecified atom stereocenters. The largest absolute Gasteiger partial charge is 0.350 e. The zero-order valence-electron chi connectivity index (χ0n) is 15.2. The fourth-order valence-electron chi connectivity index (χ4n) is 2.71. The van der Waals surface area contributed by atoms with Crippen LogP contribution >= 0.6 is 0 Å². The van der Waals surface area contributed by atoms with E-state index >= 15 is 0 Å². The fraction of sp³-hybridized carbons (Fsp3) is 0.556. The van der Waals surface area contributed by atoms with Crippen LogP contribution in [0, 0.1) is 5.92 Å². The number of benzene rings is 1. The Hall–Kier alpha value is -2.28. The molecule has 0 aliphatic heterocycles. The summed E-state index contributed by atoms with van der Waals surface area (Å²) < 4.78 is 0. The Morgan fingerprint density at radius 3 is 2.60 bits per heavy atom. The molecule has 7 heteroatoms. The Morgan fingerprint density at radius 1 is 1.28 bits per heavy atom. The van der Waals surface area contributed by atoms with Crippen molar-refractivity contribution in [2.24, 2.45) is 11.7 Å². The lowest BCUT2D eigenvalue weighted by Crippen LogP contribution is -2.45. The molecule has 0 saturated carbocycles. The normalized spacial score (nSPS) is 13.6. The molecule has 3 N–H and O–H groups in total. The minimum absolute atomic E-state index is 0.0224. The van der Waals surface area contributed by atoms with Crippen molar-refractivity contribution in [1.82, 2.24) is 25.5 Å². The maximum absolute atomic E-state index is 12.8. The van der Waals surface area contributed by atoms with Crippen molar-refractivity contribution >= 4 is 5.91 Å². The topological polar surface area (TPSA) is 98.7 Å². The monoisotopic (exact) mass is 344 g/mol. The van der Waals surface area contributed by atoms with Crippen molar-refractivity contribution in [2.75, 3.05) is 6.54 Å². The number of carbonyl (C=O) groups is 1. The number of nitrogens with zero attached hydrogens (tertiary/aromatic N) is 4. The van der Waals surface area contributed by atoms with E-state index < -0.39 is 6.04 Å². The van der Waals surface area contributed by atoms with Gasteiger partial charge in [-0.1, -0.05) is 63.9 Å². The lowest BCUT2D eigenvalue weighted by Gasteiger charge is -2.23. The average Bonchev–Trinajstić information content (AvgIpc) is 3.08. The summed E-state index contributed by atoms with van der Waals surface area (Å²) in [6, 6.07) is 9.07. The number of rotatable bonds is 9. The van der Waals surface area contributed by atoms with Crippen molar-refractivity contribution in [3.63, 3.8) is 0 Å². The molecule has 2 rings (SSSR count). The van der Waals surface area contributed by atoms with Gasteiger partial charge in [-0.05, 0) is 17.6 Å². The molecular formula is C18H28N6O. The zero-order chi connectivity index (χ0) is 18.2. The van der Waals surface area contributed by atoms with Crippen LogP contribution in [0.15, 0.2) is 30.3 Å². The summed E-state index contributed by atoms with van der Waals surface area (Å²) in [4.78, 5) is 14.2. The summed E-state index contributed by atoms with van der Waals surface area (Å²) in [5, 5.41) is 15.7. The summed E-state index contributed by atoms with van der Waals surface area (Å²) in [6.07, 6.45) is 2.99.